The number of benzene rings is 1. The van der Waals surface area contributed by atoms with Crippen LogP contribution < -0.4 is 5.32 Å². The molecule has 6 rings (SSSR count). The highest BCUT2D eigenvalue weighted by atomic mass is 79.9. The standard InChI is InChI=1S/C30H28BrF2N7O3/c1-14-5-6-23(31)36-28(14)37-29(43)21-9-30(4)10-22(30)40(21)24(42)13-39-26-19(25(38-39)15(2)41)7-17(8-20(26)27(32)33)18-11-34-16(3)35-12-18/h5-8,11-12,21-22,27H,9-10,13H2,1-4H3,(H,36,37,43)/t21-,22+,30-/m0/s1. The molecule has 1 saturated heterocycles. The molecule has 0 spiro atoms. The van der Waals surface area contributed by atoms with Gasteiger partial charge in [-0.2, -0.15) is 5.10 Å². The lowest BCUT2D eigenvalue weighted by molar-refractivity contribution is -0.138. The summed E-state index contributed by atoms with van der Waals surface area (Å²) in [5.74, 6) is -0.334. The van der Waals surface area contributed by atoms with Gasteiger partial charge in [-0.1, -0.05) is 13.0 Å². The summed E-state index contributed by atoms with van der Waals surface area (Å²) in [7, 11) is 0. The average molecular weight is 652 g/mol. The zero-order valence-corrected chi connectivity index (χ0v) is 25.4. The van der Waals surface area contributed by atoms with E-state index in [0.717, 1.165) is 12.0 Å². The number of fused-ring (bicyclic) bond motifs is 2. The largest absolute Gasteiger partial charge is 0.325 e. The molecule has 43 heavy (non-hydrogen) atoms. The molecule has 2 amide bonds. The number of carbonyl (C=O) groups excluding carboxylic acids is 3. The minimum atomic E-state index is -2.92. The maximum absolute atomic E-state index is 14.5. The Morgan fingerprint density at radius 3 is 2.51 bits per heavy atom. The van der Waals surface area contributed by atoms with Crippen molar-refractivity contribution in [3.8, 4) is 11.1 Å². The number of hydrogen-bond acceptors (Lipinski definition) is 7. The zero-order valence-electron chi connectivity index (χ0n) is 23.9. The van der Waals surface area contributed by atoms with E-state index in [2.05, 4.69) is 41.3 Å². The van der Waals surface area contributed by atoms with Gasteiger partial charge in [0.1, 0.15) is 34.5 Å². The Hall–Kier alpha value is -4.13. The summed E-state index contributed by atoms with van der Waals surface area (Å²) in [4.78, 5) is 54.1. The Bertz CT molecular complexity index is 1810. The van der Waals surface area contributed by atoms with Crippen molar-refractivity contribution in [1.29, 1.82) is 0 Å². The van der Waals surface area contributed by atoms with Gasteiger partial charge in [-0.15, -0.1) is 0 Å². The highest BCUT2D eigenvalue weighted by Gasteiger charge is 2.64. The molecular formula is C30H28BrF2N7O3. The van der Waals surface area contributed by atoms with Crippen molar-refractivity contribution in [2.24, 2.45) is 5.41 Å². The number of halogens is 3. The van der Waals surface area contributed by atoms with E-state index >= 15 is 0 Å². The molecule has 1 saturated carbocycles. The molecule has 2 fully saturated rings. The molecule has 10 nitrogen and oxygen atoms in total. The highest BCUT2D eigenvalue weighted by Crippen LogP contribution is 2.59. The van der Waals surface area contributed by atoms with Gasteiger partial charge in [0.05, 0.1) is 5.52 Å². The van der Waals surface area contributed by atoms with E-state index in [0.29, 0.717) is 33.8 Å². The summed E-state index contributed by atoms with van der Waals surface area (Å²) in [6.45, 7) is 6.44. The molecule has 4 aromatic rings. The number of carbonyl (C=O) groups is 3. The number of rotatable bonds is 7. The van der Waals surface area contributed by atoms with Crippen LogP contribution in [-0.2, 0) is 16.1 Å². The number of aryl methyl sites for hydroxylation is 2. The van der Waals surface area contributed by atoms with Gasteiger partial charge >= 0.3 is 0 Å². The van der Waals surface area contributed by atoms with Gasteiger partial charge in [-0.25, -0.2) is 23.7 Å². The lowest BCUT2D eigenvalue weighted by atomic mass is 10.0. The molecule has 1 aliphatic carbocycles. The fraction of sp³-hybridized carbons (Fsp3) is 0.367. The quantitative estimate of drug-likeness (QED) is 0.209. The van der Waals surface area contributed by atoms with Crippen LogP contribution in [0.4, 0.5) is 14.6 Å². The number of nitrogens with one attached hydrogen (secondary N) is 1. The van der Waals surface area contributed by atoms with Crippen molar-refractivity contribution in [3.63, 3.8) is 0 Å². The molecule has 222 valence electrons. The van der Waals surface area contributed by atoms with E-state index in [1.54, 1.807) is 24.0 Å². The van der Waals surface area contributed by atoms with Gasteiger partial charge in [0.25, 0.3) is 6.43 Å². The van der Waals surface area contributed by atoms with Crippen molar-refractivity contribution in [2.45, 2.75) is 65.6 Å². The van der Waals surface area contributed by atoms with Crippen LogP contribution in [0, 0.1) is 19.3 Å². The fourth-order valence-corrected chi connectivity index (χ4v) is 6.31. The molecule has 0 bridgehead atoms. The van der Waals surface area contributed by atoms with Crippen molar-refractivity contribution in [2.75, 3.05) is 5.32 Å². The number of amides is 2. The predicted octanol–water partition coefficient (Wildman–Crippen LogP) is 5.43. The van der Waals surface area contributed by atoms with E-state index in [4.69, 9.17) is 0 Å². The number of anilines is 1. The lowest BCUT2D eigenvalue weighted by Gasteiger charge is -2.27. The van der Waals surface area contributed by atoms with Crippen molar-refractivity contribution < 1.29 is 23.2 Å². The minimum absolute atomic E-state index is 0.00181. The lowest BCUT2D eigenvalue weighted by Crippen LogP contribution is -2.47. The first-order valence-electron chi connectivity index (χ1n) is 13.7. The normalized spacial score (nSPS) is 20.9. The molecule has 1 aromatic carbocycles. The number of aromatic nitrogens is 5. The Labute approximate surface area is 254 Å². The Morgan fingerprint density at radius 2 is 1.84 bits per heavy atom. The van der Waals surface area contributed by atoms with Crippen molar-refractivity contribution >= 4 is 50.2 Å². The second-order valence-electron chi connectivity index (χ2n) is 11.5. The maximum atomic E-state index is 14.5. The van der Waals surface area contributed by atoms with E-state index in [9.17, 15) is 23.2 Å². The first kappa shape index (κ1) is 29.0. The third-order valence-electron chi connectivity index (χ3n) is 8.37. The van der Waals surface area contributed by atoms with Crippen LogP contribution >= 0.6 is 15.9 Å². The fourth-order valence-electron chi connectivity index (χ4n) is 6.00. The Morgan fingerprint density at radius 1 is 1.12 bits per heavy atom. The average Bonchev–Trinajstić information content (AvgIpc) is 3.31. The number of pyridine rings is 1. The van der Waals surface area contributed by atoms with Crippen LogP contribution in [0.3, 0.4) is 0 Å². The summed E-state index contributed by atoms with van der Waals surface area (Å²) in [5, 5.41) is 7.40. The molecule has 1 aliphatic heterocycles. The van der Waals surface area contributed by atoms with Gasteiger partial charge in [-0.05, 0) is 77.4 Å². The molecule has 0 unspecified atom stereocenters. The molecule has 2 aliphatic rings. The Balaban J connectivity index is 1.36. The van der Waals surface area contributed by atoms with Gasteiger partial charge in [0.15, 0.2) is 5.78 Å². The number of likely N-dealkylation sites (tertiary alicyclic amines) is 1. The topological polar surface area (TPSA) is 123 Å². The van der Waals surface area contributed by atoms with Crippen LogP contribution in [0.1, 0.15) is 60.6 Å². The molecule has 3 aromatic heterocycles. The number of Topliss-reactive ketones (excluding diaryl/α,β-unsaturated/α-hetero) is 1. The summed E-state index contributed by atoms with van der Waals surface area (Å²) in [6.07, 6.45) is 1.33. The van der Waals surface area contributed by atoms with Gasteiger partial charge in [-0.3, -0.25) is 19.1 Å². The minimum Gasteiger partial charge on any atom is -0.325 e. The predicted molar refractivity (Wildman–Crippen MR) is 158 cm³/mol. The van der Waals surface area contributed by atoms with Crippen molar-refractivity contribution in [1.82, 2.24) is 29.6 Å². The summed E-state index contributed by atoms with van der Waals surface area (Å²) in [6, 6.07) is 5.55. The SMILES string of the molecule is CC(=O)c1nn(CC(=O)N2[C@H](C(=O)Nc3nc(Br)ccc3C)C[C@@]3(C)C[C@@H]23)c2c(C(F)F)cc(-c3cnc(C)nc3)cc12. The second-order valence-corrected chi connectivity index (χ2v) is 12.3. The van der Waals surface area contributed by atoms with Crippen LogP contribution in [0.15, 0.2) is 41.3 Å². The number of alkyl halides is 2. The van der Waals surface area contributed by atoms with E-state index in [-0.39, 0.29) is 39.5 Å². The maximum Gasteiger partial charge on any atom is 0.265 e. The van der Waals surface area contributed by atoms with Crippen LogP contribution in [0.25, 0.3) is 22.0 Å². The van der Waals surface area contributed by atoms with E-state index in [1.165, 1.54) is 30.1 Å². The zero-order chi connectivity index (χ0) is 30.8. The first-order valence-corrected chi connectivity index (χ1v) is 14.5. The van der Waals surface area contributed by atoms with Crippen LogP contribution in [-0.4, -0.2) is 59.3 Å². The van der Waals surface area contributed by atoms with E-state index < -0.39 is 30.7 Å². The van der Waals surface area contributed by atoms with Crippen molar-refractivity contribution in [3.05, 3.63) is 63.9 Å². The number of piperidine rings is 1. The number of nitrogens with zero attached hydrogens (tertiary/aromatic N) is 6. The smallest absolute Gasteiger partial charge is 0.265 e. The molecule has 4 heterocycles. The molecular weight excluding hydrogens is 624 g/mol. The summed E-state index contributed by atoms with van der Waals surface area (Å²) in [5.41, 5.74) is 1.05. The van der Waals surface area contributed by atoms with Gasteiger partial charge in [0, 0.05) is 41.9 Å². The molecule has 3 atom stereocenters. The summed E-state index contributed by atoms with van der Waals surface area (Å²) < 4.78 is 30.8. The summed E-state index contributed by atoms with van der Waals surface area (Å²) >= 11 is 3.32. The third-order valence-corrected chi connectivity index (χ3v) is 8.81. The third kappa shape index (κ3) is 5.19. The second kappa shape index (κ2) is 10.5. The van der Waals surface area contributed by atoms with Crippen LogP contribution in [0.5, 0.6) is 0 Å². The molecule has 0 radical (unpaired) electrons. The molecule has 1 N–H and O–H groups in total. The van der Waals surface area contributed by atoms with E-state index in [1.807, 2.05) is 19.9 Å². The van der Waals surface area contributed by atoms with Crippen LogP contribution in [0.2, 0.25) is 0 Å². The first-order chi connectivity index (χ1) is 20.4. The number of ketones is 1. The highest BCUT2D eigenvalue weighted by molar-refractivity contribution is 9.10. The van der Waals surface area contributed by atoms with Gasteiger partial charge < -0.3 is 10.2 Å². The monoisotopic (exact) mass is 651 g/mol. The Kier molecular flexibility index (Phi) is 7.10. The molecule has 13 heteroatoms. The van der Waals surface area contributed by atoms with Gasteiger partial charge in [0.2, 0.25) is 11.8 Å². The number of hydrogen-bond donors (Lipinski definition) is 1.